The molecule has 0 heterocycles. The van der Waals surface area contributed by atoms with Crippen molar-refractivity contribution in [3.05, 3.63) is 0 Å². The molecule has 2 fully saturated rings. The summed E-state index contributed by atoms with van der Waals surface area (Å²) in [6.07, 6.45) is 5.58. The second kappa shape index (κ2) is 1.84. The van der Waals surface area contributed by atoms with Crippen molar-refractivity contribution in [3.8, 4) is 0 Å². The second-order valence-electron chi connectivity index (χ2n) is 4.14. The van der Waals surface area contributed by atoms with Crippen LogP contribution in [0.3, 0.4) is 0 Å². The fourth-order valence-electron chi connectivity index (χ4n) is 2.44. The molecular formula is C9H14O. The van der Waals surface area contributed by atoms with E-state index in [1.165, 1.54) is 19.3 Å². The van der Waals surface area contributed by atoms with Gasteiger partial charge in [0, 0.05) is 12.8 Å². The molecule has 1 heteroatoms. The molecule has 0 aliphatic heterocycles. The average Bonchev–Trinajstić information content (AvgIpc) is 1.83. The molecule has 2 atom stereocenters. The molecule has 0 N–H and O–H groups in total. The van der Waals surface area contributed by atoms with Gasteiger partial charge in [-0.25, -0.2) is 0 Å². The van der Waals surface area contributed by atoms with Crippen LogP contribution in [0.25, 0.3) is 0 Å². The van der Waals surface area contributed by atoms with Gasteiger partial charge in [-0.05, 0) is 30.6 Å². The van der Waals surface area contributed by atoms with Crippen LogP contribution in [0.1, 0.15) is 39.0 Å². The number of carbonyl (C=O) groups excluding carboxylic acids is 1. The Balaban J connectivity index is 2.11. The number of hydrogen-bond acceptors (Lipinski definition) is 1. The summed E-state index contributed by atoms with van der Waals surface area (Å²) in [7, 11) is 0. The van der Waals surface area contributed by atoms with Crippen LogP contribution in [-0.2, 0) is 4.79 Å². The Morgan fingerprint density at radius 2 is 2.30 bits per heavy atom. The van der Waals surface area contributed by atoms with Gasteiger partial charge in [0.15, 0.2) is 0 Å². The van der Waals surface area contributed by atoms with Crippen molar-refractivity contribution < 1.29 is 4.79 Å². The maximum atomic E-state index is 11.1. The summed E-state index contributed by atoms with van der Waals surface area (Å²) >= 11 is 0. The van der Waals surface area contributed by atoms with E-state index in [0.717, 1.165) is 18.8 Å². The highest BCUT2D eigenvalue weighted by molar-refractivity contribution is 5.80. The summed E-state index contributed by atoms with van der Waals surface area (Å²) in [6, 6.07) is 0. The molecule has 2 saturated carbocycles. The van der Waals surface area contributed by atoms with Crippen LogP contribution in [0.4, 0.5) is 0 Å². The summed E-state index contributed by atoms with van der Waals surface area (Å²) in [5, 5.41) is 0. The van der Waals surface area contributed by atoms with Crippen LogP contribution in [-0.4, -0.2) is 5.78 Å². The molecule has 56 valence electrons. The van der Waals surface area contributed by atoms with Gasteiger partial charge >= 0.3 is 0 Å². The molecule has 1 nitrogen and oxygen atoms in total. The van der Waals surface area contributed by atoms with Crippen LogP contribution in [0, 0.1) is 11.3 Å². The van der Waals surface area contributed by atoms with Crippen molar-refractivity contribution in [2.45, 2.75) is 39.0 Å². The highest BCUT2D eigenvalue weighted by Crippen LogP contribution is 2.53. The zero-order valence-corrected chi connectivity index (χ0v) is 6.52. The van der Waals surface area contributed by atoms with E-state index in [0.29, 0.717) is 11.2 Å². The van der Waals surface area contributed by atoms with Crippen LogP contribution in [0.5, 0.6) is 0 Å². The Kier molecular flexibility index (Phi) is 1.17. The first-order valence-electron chi connectivity index (χ1n) is 4.22. The number of ketones is 1. The van der Waals surface area contributed by atoms with Crippen molar-refractivity contribution in [1.82, 2.24) is 0 Å². The number of hydrogen-bond donors (Lipinski definition) is 0. The quantitative estimate of drug-likeness (QED) is 0.501. The van der Waals surface area contributed by atoms with Crippen LogP contribution < -0.4 is 0 Å². The first-order valence-corrected chi connectivity index (χ1v) is 4.22. The number of fused-ring (bicyclic) bond motifs is 1. The minimum Gasteiger partial charge on any atom is -0.300 e. The van der Waals surface area contributed by atoms with E-state index in [9.17, 15) is 4.79 Å². The maximum Gasteiger partial charge on any atom is 0.133 e. The third kappa shape index (κ3) is 0.727. The molecule has 0 amide bonds. The normalized spacial score (nSPS) is 46.1. The fraction of sp³-hybridized carbons (Fsp3) is 0.889. The smallest absolute Gasteiger partial charge is 0.133 e. The van der Waals surface area contributed by atoms with E-state index < -0.39 is 0 Å². The molecule has 0 aromatic carbocycles. The van der Waals surface area contributed by atoms with Gasteiger partial charge < -0.3 is 0 Å². The number of carbonyl (C=O) groups is 1. The van der Waals surface area contributed by atoms with Crippen molar-refractivity contribution in [2.75, 3.05) is 0 Å². The zero-order chi connectivity index (χ0) is 7.19. The maximum absolute atomic E-state index is 11.1. The molecule has 0 spiro atoms. The lowest BCUT2D eigenvalue weighted by Crippen LogP contribution is -2.42. The molecule has 0 aromatic rings. The summed E-state index contributed by atoms with van der Waals surface area (Å²) in [4.78, 5) is 11.1. The van der Waals surface area contributed by atoms with Crippen molar-refractivity contribution in [1.29, 1.82) is 0 Å². The van der Waals surface area contributed by atoms with Gasteiger partial charge in [0.25, 0.3) is 0 Å². The highest BCUT2D eigenvalue weighted by Gasteiger charge is 2.46. The number of Topliss-reactive ketones (excluding diaryl/α,β-unsaturated/α-hetero) is 1. The monoisotopic (exact) mass is 138 g/mol. The lowest BCUT2D eigenvalue weighted by molar-refractivity contribution is -0.130. The van der Waals surface area contributed by atoms with Crippen LogP contribution >= 0.6 is 0 Å². The predicted octanol–water partition coefficient (Wildman–Crippen LogP) is 2.16. The third-order valence-electron chi connectivity index (χ3n) is 3.42. The minimum atomic E-state index is 0.440. The summed E-state index contributed by atoms with van der Waals surface area (Å²) in [6.45, 7) is 2.28. The van der Waals surface area contributed by atoms with Gasteiger partial charge in [0.2, 0.25) is 0 Å². The van der Waals surface area contributed by atoms with E-state index in [4.69, 9.17) is 0 Å². The molecular weight excluding hydrogens is 124 g/mol. The lowest BCUT2D eigenvalue weighted by atomic mass is 9.55. The average molecular weight is 138 g/mol. The van der Waals surface area contributed by atoms with E-state index >= 15 is 0 Å². The van der Waals surface area contributed by atoms with Gasteiger partial charge in [-0.1, -0.05) is 6.92 Å². The first kappa shape index (κ1) is 6.38. The highest BCUT2D eigenvalue weighted by atomic mass is 16.1. The molecule has 0 unspecified atom stereocenters. The van der Waals surface area contributed by atoms with Crippen molar-refractivity contribution >= 4 is 5.78 Å². The molecule has 0 radical (unpaired) electrons. The van der Waals surface area contributed by atoms with Gasteiger partial charge in [-0.15, -0.1) is 0 Å². The standard InChI is InChI=1S/C9H14O/c1-9-5-4-7(9)2-3-8(10)6-9/h7H,2-6H2,1H3/t7-,9+/m0/s1. The molecule has 0 aromatic heterocycles. The Labute approximate surface area is 61.8 Å². The van der Waals surface area contributed by atoms with E-state index in [-0.39, 0.29) is 0 Å². The topological polar surface area (TPSA) is 17.1 Å². The first-order chi connectivity index (χ1) is 4.71. The van der Waals surface area contributed by atoms with Gasteiger partial charge in [0.1, 0.15) is 5.78 Å². The van der Waals surface area contributed by atoms with Gasteiger partial charge in [0.05, 0.1) is 0 Å². The third-order valence-corrected chi connectivity index (χ3v) is 3.42. The van der Waals surface area contributed by atoms with Crippen LogP contribution in [0.15, 0.2) is 0 Å². The number of rotatable bonds is 0. The molecule has 2 rings (SSSR count). The van der Waals surface area contributed by atoms with E-state index in [1.54, 1.807) is 0 Å². The Morgan fingerprint density at radius 3 is 2.70 bits per heavy atom. The van der Waals surface area contributed by atoms with Crippen molar-refractivity contribution in [3.63, 3.8) is 0 Å². The molecule has 0 saturated heterocycles. The zero-order valence-electron chi connectivity index (χ0n) is 6.52. The summed E-state index contributed by atoms with van der Waals surface area (Å²) in [5.74, 6) is 1.39. The minimum absolute atomic E-state index is 0.440. The Hall–Kier alpha value is -0.330. The van der Waals surface area contributed by atoms with Gasteiger partial charge in [-0.2, -0.15) is 0 Å². The van der Waals surface area contributed by atoms with Crippen molar-refractivity contribution in [2.24, 2.45) is 11.3 Å². The van der Waals surface area contributed by atoms with E-state index in [1.807, 2.05) is 0 Å². The SMILES string of the molecule is C[C@]12CC[C@@H]1CCC(=O)C2. The second-order valence-corrected chi connectivity index (χ2v) is 4.14. The fourth-order valence-corrected chi connectivity index (χ4v) is 2.44. The molecule has 2 aliphatic carbocycles. The van der Waals surface area contributed by atoms with Crippen LogP contribution in [0.2, 0.25) is 0 Å². The lowest BCUT2D eigenvalue weighted by Gasteiger charge is -2.50. The molecule has 10 heavy (non-hydrogen) atoms. The van der Waals surface area contributed by atoms with Gasteiger partial charge in [-0.3, -0.25) is 4.79 Å². The Bertz CT molecular complexity index is 174. The van der Waals surface area contributed by atoms with E-state index in [2.05, 4.69) is 6.92 Å². The summed E-state index contributed by atoms with van der Waals surface area (Å²) in [5.41, 5.74) is 0.440. The largest absolute Gasteiger partial charge is 0.300 e. The predicted molar refractivity (Wildman–Crippen MR) is 39.7 cm³/mol. The molecule has 2 aliphatic rings. The Morgan fingerprint density at radius 1 is 1.50 bits per heavy atom. The molecule has 0 bridgehead atoms. The summed E-state index contributed by atoms with van der Waals surface area (Å²) < 4.78 is 0.